The minimum atomic E-state index is -4.67. The predicted molar refractivity (Wildman–Crippen MR) is 67.8 cm³/mol. The number of hydrogen-bond acceptors (Lipinski definition) is 4. The molecule has 2 rings (SSSR count). The van der Waals surface area contributed by atoms with Crippen LogP contribution in [0.15, 0.2) is 43.0 Å². The van der Waals surface area contributed by atoms with E-state index in [4.69, 9.17) is 5.41 Å². The lowest BCUT2D eigenvalue weighted by molar-refractivity contribution is -0.138. The van der Waals surface area contributed by atoms with Crippen molar-refractivity contribution in [3.05, 3.63) is 59.7 Å². The summed E-state index contributed by atoms with van der Waals surface area (Å²) in [6, 6.07) is 3.76. The van der Waals surface area contributed by atoms with Crippen molar-refractivity contribution in [2.75, 3.05) is 0 Å². The number of carbonyl (C=O) groups is 1. The predicted octanol–water partition coefficient (Wildman–Crippen LogP) is 2.25. The zero-order chi connectivity index (χ0) is 15.5. The lowest BCUT2D eigenvalue weighted by Crippen LogP contribution is -2.32. The van der Waals surface area contributed by atoms with Gasteiger partial charge in [0.1, 0.15) is 5.84 Å². The van der Waals surface area contributed by atoms with Gasteiger partial charge in [0.15, 0.2) is 0 Å². The zero-order valence-corrected chi connectivity index (χ0v) is 10.5. The molecule has 0 radical (unpaired) electrons. The number of amides is 1. The Balaban J connectivity index is 2.24. The Morgan fingerprint density at radius 3 is 2.48 bits per heavy atom. The molecule has 0 aromatic carbocycles. The Hall–Kier alpha value is -2.77. The molecule has 1 amide bonds. The summed E-state index contributed by atoms with van der Waals surface area (Å²) >= 11 is 0. The lowest BCUT2D eigenvalue weighted by atomic mass is 10.1. The van der Waals surface area contributed by atoms with Crippen LogP contribution >= 0.6 is 0 Å². The van der Waals surface area contributed by atoms with Crippen molar-refractivity contribution >= 4 is 11.7 Å². The van der Waals surface area contributed by atoms with Crippen molar-refractivity contribution in [2.24, 2.45) is 0 Å². The van der Waals surface area contributed by atoms with Crippen LogP contribution < -0.4 is 5.32 Å². The Morgan fingerprint density at radius 2 is 1.86 bits per heavy atom. The summed E-state index contributed by atoms with van der Waals surface area (Å²) in [5.41, 5.74) is -1.46. The van der Waals surface area contributed by atoms with Gasteiger partial charge in [-0.05, 0) is 18.2 Å². The van der Waals surface area contributed by atoms with Gasteiger partial charge in [0.2, 0.25) is 0 Å². The van der Waals surface area contributed by atoms with Gasteiger partial charge in [0.05, 0.1) is 11.1 Å². The van der Waals surface area contributed by atoms with Crippen LogP contribution in [0, 0.1) is 5.41 Å². The number of nitrogens with one attached hydrogen (secondary N) is 2. The first kappa shape index (κ1) is 14.6. The Labute approximate surface area is 117 Å². The van der Waals surface area contributed by atoms with Crippen LogP contribution in [0.3, 0.4) is 0 Å². The van der Waals surface area contributed by atoms with Gasteiger partial charge in [-0.1, -0.05) is 0 Å². The van der Waals surface area contributed by atoms with Gasteiger partial charge < -0.3 is 5.32 Å². The molecule has 0 aliphatic heterocycles. The van der Waals surface area contributed by atoms with E-state index in [9.17, 15) is 18.0 Å². The third-order valence-corrected chi connectivity index (χ3v) is 2.56. The van der Waals surface area contributed by atoms with Gasteiger partial charge in [-0.2, -0.15) is 13.2 Å². The molecule has 0 spiro atoms. The molecule has 0 bridgehead atoms. The highest BCUT2D eigenvalue weighted by atomic mass is 19.4. The largest absolute Gasteiger partial charge is 0.417 e. The fraction of sp³-hybridized carbons (Fsp3) is 0.0769. The van der Waals surface area contributed by atoms with Crippen molar-refractivity contribution in [3.63, 3.8) is 0 Å². The summed E-state index contributed by atoms with van der Waals surface area (Å²) in [6.07, 6.45) is -0.120. The van der Waals surface area contributed by atoms with Crippen LogP contribution in [0.1, 0.15) is 21.5 Å². The quantitative estimate of drug-likeness (QED) is 0.658. The maximum absolute atomic E-state index is 12.8. The Bertz CT molecular complexity index is 671. The van der Waals surface area contributed by atoms with Gasteiger partial charge in [0, 0.05) is 30.4 Å². The van der Waals surface area contributed by atoms with Gasteiger partial charge in [-0.25, -0.2) is 0 Å². The molecule has 0 unspecified atom stereocenters. The molecule has 0 atom stereocenters. The first-order chi connectivity index (χ1) is 9.89. The maximum Gasteiger partial charge on any atom is 0.417 e. The highest BCUT2D eigenvalue weighted by Crippen LogP contribution is 2.31. The second kappa shape index (κ2) is 5.70. The van der Waals surface area contributed by atoms with E-state index in [1.165, 1.54) is 18.5 Å². The number of carbonyl (C=O) groups excluding carboxylic acids is 1. The molecule has 0 saturated heterocycles. The molecule has 21 heavy (non-hydrogen) atoms. The van der Waals surface area contributed by atoms with Crippen molar-refractivity contribution in [2.45, 2.75) is 6.18 Å². The van der Waals surface area contributed by atoms with Crippen molar-refractivity contribution in [1.29, 1.82) is 5.41 Å². The van der Waals surface area contributed by atoms with E-state index in [0.717, 1.165) is 12.4 Å². The minimum absolute atomic E-state index is 0.281. The maximum atomic E-state index is 12.8. The third-order valence-electron chi connectivity index (χ3n) is 2.56. The summed E-state index contributed by atoms with van der Waals surface area (Å²) < 4.78 is 38.4. The van der Waals surface area contributed by atoms with Gasteiger partial charge in [0.25, 0.3) is 5.91 Å². The SMILES string of the molecule is N=C(NC(=O)c1cnccc1C(F)(F)F)c1cccnc1. The number of aromatic nitrogens is 2. The fourth-order valence-electron chi connectivity index (χ4n) is 1.59. The van der Waals surface area contributed by atoms with Crippen LogP contribution in [0.2, 0.25) is 0 Å². The second-order valence-corrected chi connectivity index (χ2v) is 3.99. The number of amidine groups is 1. The molecule has 2 heterocycles. The minimum Gasteiger partial charge on any atom is -0.306 e. The van der Waals surface area contributed by atoms with Crippen LogP contribution in [0.25, 0.3) is 0 Å². The van der Waals surface area contributed by atoms with E-state index >= 15 is 0 Å². The van der Waals surface area contributed by atoms with Crippen LogP contribution in [-0.4, -0.2) is 21.7 Å². The van der Waals surface area contributed by atoms with Gasteiger partial charge in [-0.15, -0.1) is 0 Å². The van der Waals surface area contributed by atoms with Gasteiger partial charge in [-0.3, -0.25) is 20.2 Å². The molecule has 0 saturated carbocycles. The topological polar surface area (TPSA) is 78.7 Å². The molecule has 0 fully saturated rings. The summed E-state index contributed by atoms with van der Waals surface area (Å²) in [5, 5.41) is 9.75. The molecule has 2 aromatic heterocycles. The monoisotopic (exact) mass is 294 g/mol. The van der Waals surface area contributed by atoms with E-state index in [-0.39, 0.29) is 11.4 Å². The molecule has 108 valence electrons. The summed E-state index contributed by atoms with van der Waals surface area (Å²) in [6.45, 7) is 0. The van der Waals surface area contributed by atoms with Gasteiger partial charge >= 0.3 is 6.18 Å². The van der Waals surface area contributed by atoms with E-state index < -0.39 is 23.2 Å². The average Bonchev–Trinajstić information content (AvgIpc) is 2.47. The number of pyridine rings is 2. The average molecular weight is 294 g/mol. The summed E-state index contributed by atoms with van der Waals surface area (Å²) in [4.78, 5) is 19.2. The van der Waals surface area contributed by atoms with Crippen molar-refractivity contribution < 1.29 is 18.0 Å². The van der Waals surface area contributed by atoms with Crippen LogP contribution in [0.4, 0.5) is 13.2 Å². The van der Waals surface area contributed by atoms with E-state index in [1.54, 1.807) is 6.07 Å². The molecule has 0 aliphatic carbocycles. The summed E-state index contributed by atoms with van der Waals surface area (Å²) in [5.74, 6) is -1.39. The summed E-state index contributed by atoms with van der Waals surface area (Å²) in [7, 11) is 0. The third kappa shape index (κ3) is 3.41. The first-order valence-electron chi connectivity index (χ1n) is 5.71. The molecule has 8 heteroatoms. The molecule has 2 aromatic rings. The molecular formula is C13H9F3N4O. The molecule has 5 nitrogen and oxygen atoms in total. The number of alkyl halides is 3. The van der Waals surface area contributed by atoms with E-state index in [2.05, 4.69) is 15.3 Å². The Morgan fingerprint density at radius 1 is 1.14 bits per heavy atom. The fourth-order valence-corrected chi connectivity index (χ4v) is 1.59. The number of hydrogen-bond donors (Lipinski definition) is 2. The smallest absolute Gasteiger partial charge is 0.306 e. The first-order valence-corrected chi connectivity index (χ1v) is 5.71. The number of rotatable bonds is 2. The van der Waals surface area contributed by atoms with E-state index in [1.807, 2.05) is 0 Å². The zero-order valence-electron chi connectivity index (χ0n) is 10.5. The van der Waals surface area contributed by atoms with Crippen LogP contribution in [-0.2, 0) is 6.18 Å². The number of halogens is 3. The highest BCUT2D eigenvalue weighted by Gasteiger charge is 2.35. The van der Waals surface area contributed by atoms with Crippen molar-refractivity contribution in [3.8, 4) is 0 Å². The second-order valence-electron chi connectivity index (χ2n) is 3.99. The molecule has 0 aliphatic rings. The standard InChI is InChI=1S/C13H9F3N4O/c14-13(15,16)10-3-5-19-7-9(10)12(21)20-11(17)8-2-1-4-18-6-8/h1-7H,(H2,17,20,21). The van der Waals surface area contributed by atoms with Crippen molar-refractivity contribution in [1.82, 2.24) is 15.3 Å². The number of nitrogens with zero attached hydrogens (tertiary/aromatic N) is 2. The van der Waals surface area contributed by atoms with E-state index in [0.29, 0.717) is 6.07 Å². The van der Waals surface area contributed by atoms with Crippen LogP contribution in [0.5, 0.6) is 0 Å². The highest BCUT2D eigenvalue weighted by molar-refractivity contribution is 6.11. The molecule has 2 N–H and O–H groups in total. The lowest BCUT2D eigenvalue weighted by Gasteiger charge is -2.12. The Kier molecular flexibility index (Phi) is 3.97. The molecular weight excluding hydrogens is 285 g/mol. The normalized spacial score (nSPS) is 11.0.